The Labute approximate surface area is 145 Å². The van der Waals surface area contributed by atoms with Crippen molar-refractivity contribution in [3.05, 3.63) is 29.3 Å². The van der Waals surface area contributed by atoms with Gasteiger partial charge in [-0.25, -0.2) is 4.79 Å². The van der Waals surface area contributed by atoms with Crippen LogP contribution in [-0.4, -0.2) is 74.2 Å². The van der Waals surface area contributed by atoms with E-state index in [4.69, 9.17) is 4.74 Å². The van der Waals surface area contributed by atoms with Crippen LogP contribution in [0.2, 0.25) is 0 Å². The van der Waals surface area contributed by atoms with Crippen molar-refractivity contribution in [2.45, 2.75) is 31.7 Å². The normalized spacial score (nSPS) is 20.4. The van der Waals surface area contributed by atoms with Crippen LogP contribution in [0.25, 0.3) is 0 Å². The third kappa shape index (κ3) is 3.83. The van der Waals surface area contributed by atoms with Crippen LogP contribution in [0.3, 0.4) is 0 Å². The van der Waals surface area contributed by atoms with Crippen LogP contribution in [0, 0.1) is 0 Å². The van der Waals surface area contributed by atoms with Crippen LogP contribution in [0.5, 0.6) is 5.75 Å². The molecule has 0 N–H and O–H groups in total. The predicted molar refractivity (Wildman–Crippen MR) is 95.7 cm³/mol. The Hall–Kier alpha value is -1.75. The Morgan fingerprint density at radius 3 is 2.96 bits per heavy atom. The summed E-state index contributed by atoms with van der Waals surface area (Å²) < 4.78 is 5.58. The lowest BCUT2D eigenvalue weighted by Crippen LogP contribution is -2.51. The molecular weight excluding hydrogens is 302 g/mol. The van der Waals surface area contributed by atoms with Gasteiger partial charge >= 0.3 is 6.03 Å². The second-order valence-corrected chi connectivity index (χ2v) is 7.18. The number of likely N-dealkylation sites (N-methyl/N-ethyl adjacent to an activating group) is 1. The molecule has 2 amide bonds. The van der Waals surface area contributed by atoms with Gasteiger partial charge in [0, 0.05) is 46.7 Å². The first-order chi connectivity index (χ1) is 11.5. The number of carbonyl (C=O) groups is 1. The number of hydrogen-bond acceptors (Lipinski definition) is 3. The van der Waals surface area contributed by atoms with E-state index in [1.165, 1.54) is 11.1 Å². The highest BCUT2D eigenvalue weighted by molar-refractivity contribution is 5.73. The standard InChI is InChI=1S/C19H29N3O2/c1-20(2)19(23)21(3)17-5-4-10-22(14-17)11-8-15-6-7-18-16(13-15)9-12-24-18/h6-7,13,17H,4-5,8-12,14H2,1-3H3. The van der Waals surface area contributed by atoms with Crippen LogP contribution >= 0.6 is 0 Å². The van der Waals surface area contributed by atoms with Crippen molar-refractivity contribution in [2.75, 3.05) is 47.4 Å². The molecule has 0 spiro atoms. The molecule has 1 unspecified atom stereocenters. The van der Waals surface area contributed by atoms with Crippen molar-refractivity contribution < 1.29 is 9.53 Å². The molecule has 5 heteroatoms. The molecule has 1 fully saturated rings. The van der Waals surface area contributed by atoms with Gasteiger partial charge in [-0.1, -0.05) is 12.1 Å². The van der Waals surface area contributed by atoms with E-state index in [1.807, 2.05) is 26.0 Å². The molecule has 2 heterocycles. The number of ether oxygens (including phenoxy) is 1. The number of hydrogen-bond donors (Lipinski definition) is 0. The average molecular weight is 331 g/mol. The zero-order valence-electron chi connectivity index (χ0n) is 15.1. The van der Waals surface area contributed by atoms with Gasteiger partial charge in [-0.2, -0.15) is 0 Å². The average Bonchev–Trinajstić information content (AvgIpc) is 3.06. The van der Waals surface area contributed by atoms with Crippen molar-refractivity contribution >= 4 is 6.03 Å². The monoisotopic (exact) mass is 331 g/mol. The summed E-state index contributed by atoms with van der Waals surface area (Å²) in [6, 6.07) is 7.02. The fraction of sp³-hybridized carbons (Fsp3) is 0.632. The van der Waals surface area contributed by atoms with Gasteiger partial charge in [-0.15, -0.1) is 0 Å². The van der Waals surface area contributed by atoms with Crippen LogP contribution in [-0.2, 0) is 12.8 Å². The number of piperidine rings is 1. The highest BCUT2D eigenvalue weighted by Crippen LogP contribution is 2.26. The number of fused-ring (bicyclic) bond motifs is 1. The molecule has 132 valence electrons. The van der Waals surface area contributed by atoms with Gasteiger partial charge < -0.3 is 19.4 Å². The van der Waals surface area contributed by atoms with Gasteiger partial charge in [-0.05, 0) is 43.0 Å². The number of rotatable bonds is 4. The number of amides is 2. The molecule has 5 nitrogen and oxygen atoms in total. The van der Waals surface area contributed by atoms with Crippen molar-refractivity contribution in [3.63, 3.8) is 0 Å². The van der Waals surface area contributed by atoms with Crippen molar-refractivity contribution in [3.8, 4) is 5.75 Å². The Morgan fingerprint density at radius 2 is 2.17 bits per heavy atom. The van der Waals surface area contributed by atoms with Gasteiger partial charge in [0.25, 0.3) is 0 Å². The van der Waals surface area contributed by atoms with E-state index in [9.17, 15) is 4.79 Å². The first-order valence-corrected chi connectivity index (χ1v) is 8.95. The second kappa shape index (κ2) is 7.43. The topological polar surface area (TPSA) is 36.0 Å². The molecule has 2 aliphatic heterocycles. The largest absolute Gasteiger partial charge is 0.493 e. The summed E-state index contributed by atoms with van der Waals surface area (Å²) in [5.74, 6) is 1.06. The van der Waals surface area contributed by atoms with E-state index >= 15 is 0 Å². The summed E-state index contributed by atoms with van der Waals surface area (Å²) in [6.07, 6.45) is 4.36. The molecule has 0 aromatic heterocycles. The van der Waals surface area contributed by atoms with E-state index in [1.54, 1.807) is 4.90 Å². The molecule has 0 bridgehead atoms. The molecule has 0 radical (unpaired) electrons. The van der Waals surface area contributed by atoms with Gasteiger partial charge in [0.2, 0.25) is 0 Å². The lowest BCUT2D eigenvalue weighted by atomic mass is 10.0. The van der Waals surface area contributed by atoms with Crippen molar-refractivity contribution in [2.24, 2.45) is 0 Å². The number of benzene rings is 1. The Morgan fingerprint density at radius 1 is 1.33 bits per heavy atom. The minimum Gasteiger partial charge on any atom is -0.493 e. The molecule has 0 saturated carbocycles. The fourth-order valence-electron chi connectivity index (χ4n) is 3.70. The maximum absolute atomic E-state index is 12.2. The number of urea groups is 1. The Kier molecular flexibility index (Phi) is 5.29. The van der Waals surface area contributed by atoms with Gasteiger partial charge in [0.15, 0.2) is 0 Å². The van der Waals surface area contributed by atoms with Gasteiger partial charge in [0.05, 0.1) is 6.61 Å². The van der Waals surface area contributed by atoms with Crippen LogP contribution in [0.4, 0.5) is 4.79 Å². The first kappa shape index (κ1) is 17.1. The quantitative estimate of drug-likeness (QED) is 0.849. The van der Waals surface area contributed by atoms with Crippen molar-refractivity contribution in [1.82, 2.24) is 14.7 Å². The predicted octanol–water partition coefficient (Wildman–Crippen LogP) is 2.24. The highest BCUT2D eigenvalue weighted by atomic mass is 16.5. The lowest BCUT2D eigenvalue weighted by molar-refractivity contribution is 0.113. The molecule has 2 aliphatic rings. The maximum Gasteiger partial charge on any atom is 0.319 e. The third-order valence-electron chi connectivity index (χ3n) is 5.18. The molecular formula is C19H29N3O2. The van der Waals surface area contributed by atoms with E-state index in [2.05, 4.69) is 23.1 Å². The summed E-state index contributed by atoms with van der Waals surface area (Å²) in [6.45, 7) is 3.98. The maximum atomic E-state index is 12.2. The molecule has 1 saturated heterocycles. The molecule has 1 atom stereocenters. The molecule has 0 aliphatic carbocycles. The van der Waals surface area contributed by atoms with E-state index < -0.39 is 0 Å². The molecule has 1 aromatic carbocycles. The van der Waals surface area contributed by atoms with Crippen molar-refractivity contribution in [1.29, 1.82) is 0 Å². The Bertz CT molecular complexity index is 588. The number of carbonyl (C=O) groups excluding carboxylic acids is 1. The van der Waals surface area contributed by atoms with E-state index in [0.717, 1.165) is 57.7 Å². The molecule has 24 heavy (non-hydrogen) atoms. The molecule has 3 rings (SSSR count). The smallest absolute Gasteiger partial charge is 0.319 e. The summed E-state index contributed by atoms with van der Waals surface area (Å²) in [4.78, 5) is 18.2. The summed E-state index contributed by atoms with van der Waals surface area (Å²) in [5.41, 5.74) is 2.74. The second-order valence-electron chi connectivity index (χ2n) is 7.18. The number of nitrogens with zero attached hydrogens (tertiary/aromatic N) is 3. The van der Waals surface area contributed by atoms with Gasteiger partial charge in [-0.3, -0.25) is 0 Å². The summed E-state index contributed by atoms with van der Waals surface area (Å²) >= 11 is 0. The molecule has 1 aromatic rings. The summed E-state index contributed by atoms with van der Waals surface area (Å²) in [5, 5.41) is 0. The summed E-state index contributed by atoms with van der Waals surface area (Å²) in [7, 11) is 5.56. The third-order valence-corrected chi connectivity index (χ3v) is 5.18. The van der Waals surface area contributed by atoms with Crippen LogP contribution in [0.1, 0.15) is 24.0 Å². The van der Waals surface area contributed by atoms with E-state index in [-0.39, 0.29) is 6.03 Å². The van der Waals surface area contributed by atoms with Gasteiger partial charge in [0.1, 0.15) is 5.75 Å². The Balaban J connectivity index is 1.53. The SMILES string of the molecule is CN(C)C(=O)N(C)C1CCCN(CCc2ccc3c(c2)CCO3)C1. The minimum atomic E-state index is 0.0977. The van der Waals surface area contributed by atoms with Crippen LogP contribution < -0.4 is 4.74 Å². The van der Waals surface area contributed by atoms with E-state index in [0.29, 0.717) is 6.04 Å². The number of likely N-dealkylation sites (tertiary alicyclic amines) is 1. The zero-order valence-corrected chi connectivity index (χ0v) is 15.1. The van der Waals surface area contributed by atoms with Crippen LogP contribution in [0.15, 0.2) is 18.2 Å². The fourth-order valence-corrected chi connectivity index (χ4v) is 3.70. The minimum absolute atomic E-state index is 0.0977. The first-order valence-electron chi connectivity index (χ1n) is 8.95. The lowest BCUT2D eigenvalue weighted by Gasteiger charge is -2.38. The highest BCUT2D eigenvalue weighted by Gasteiger charge is 2.26. The zero-order chi connectivity index (χ0) is 17.1.